The molecule has 4 nitrogen and oxygen atoms in total. The van der Waals surface area contributed by atoms with Crippen molar-refractivity contribution in [2.24, 2.45) is 0 Å². The number of nitrogens with zero attached hydrogens (tertiary/aromatic N) is 2. The Hall–Kier alpha value is -1.77. The summed E-state index contributed by atoms with van der Waals surface area (Å²) in [5.41, 5.74) is 0. The number of hydrogen-bond donors (Lipinski definition) is 0. The van der Waals surface area contributed by atoms with Crippen molar-refractivity contribution in [2.75, 3.05) is 39.0 Å². The van der Waals surface area contributed by atoms with Crippen LogP contribution in [0.15, 0.2) is 52.3 Å². The average Bonchev–Trinajstić information content (AvgIpc) is 2.69. The van der Waals surface area contributed by atoms with E-state index in [2.05, 4.69) is 4.31 Å². The van der Waals surface area contributed by atoms with Gasteiger partial charge in [-0.05, 0) is 57.1 Å². The lowest BCUT2D eigenvalue weighted by Crippen LogP contribution is -2.34. The van der Waals surface area contributed by atoms with E-state index in [1.54, 1.807) is 16.8 Å². The van der Waals surface area contributed by atoms with E-state index in [0.29, 0.717) is 23.7 Å². The van der Waals surface area contributed by atoms with Gasteiger partial charge in [-0.25, -0.2) is 13.1 Å². The monoisotopic (exact) mass is 440 g/mol. The maximum absolute atomic E-state index is 14.3. The molecule has 0 saturated carbocycles. The number of halogens is 2. The Morgan fingerprint density at radius 2 is 1.66 bits per heavy atom. The molecule has 0 atom stereocenters. The second kappa shape index (κ2) is 12.0. The summed E-state index contributed by atoms with van der Waals surface area (Å²) < 4.78 is 35.8. The number of carbonyl (C=O) groups is 1. The first kappa shape index (κ1) is 23.5. The molecule has 0 aliphatic carbocycles. The number of ether oxygens (including phenoxy) is 1. The lowest BCUT2D eigenvalue weighted by Gasteiger charge is -2.19. The Labute approximate surface area is 179 Å². The minimum atomic E-state index is -0.799. The van der Waals surface area contributed by atoms with Crippen LogP contribution in [0.2, 0.25) is 0 Å². The SMILES string of the molecule is CCN(CC)C(=O)COc1c(F)cc(SCCN(C)Sc2ccccc2)cc1F. The molecule has 0 aromatic heterocycles. The summed E-state index contributed by atoms with van der Waals surface area (Å²) >= 11 is 2.99. The summed E-state index contributed by atoms with van der Waals surface area (Å²) in [6.07, 6.45) is 0. The standard InChI is InChI=1S/C21H26F2N2O2S2/c1-4-25(5-2)20(26)15-27-21-18(22)13-17(14-19(21)23)28-12-11-24(3)29-16-9-7-6-8-10-16/h6-10,13-14H,4-5,11-12,15H2,1-3H3. The molecule has 0 radical (unpaired) electrons. The average molecular weight is 441 g/mol. The van der Waals surface area contributed by atoms with Gasteiger partial charge in [0, 0.05) is 35.2 Å². The van der Waals surface area contributed by atoms with Gasteiger partial charge in [-0.2, -0.15) is 0 Å². The van der Waals surface area contributed by atoms with Crippen LogP contribution < -0.4 is 4.74 Å². The van der Waals surface area contributed by atoms with Crippen LogP contribution in [0.1, 0.15) is 13.8 Å². The molecule has 2 rings (SSSR count). The molecule has 2 aromatic carbocycles. The van der Waals surface area contributed by atoms with Crippen LogP contribution in [0, 0.1) is 11.6 Å². The molecule has 1 amide bonds. The molecule has 0 saturated heterocycles. The highest BCUT2D eigenvalue weighted by Crippen LogP contribution is 2.29. The fraction of sp³-hybridized carbons (Fsp3) is 0.381. The molecular formula is C21H26F2N2O2S2. The number of hydrogen-bond acceptors (Lipinski definition) is 5. The first-order valence-electron chi connectivity index (χ1n) is 9.41. The Morgan fingerprint density at radius 3 is 2.24 bits per heavy atom. The highest BCUT2D eigenvalue weighted by molar-refractivity contribution is 7.99. The molecule has 0 bridgehead atoms. The molecule has 29 heavy (non-hydrogen) atoms. The van der Waals surface area contributed by atoms with Crippen molar-refractivity contribution in [3.63, 3.8) is 0 Å². The molecule has 0 spiro atoms. The van der Waals surface area contributed by atoms with Gasteiger partial charge < -0.3 is 9.64 Å². The van der Waals surface area contributed by atoms with Crippen molar-refractivity contribution >= 4 is 29.6 Å². The highest BCUT2D eigenvalue weighted by atomic mass is 32.2. The third-order valence-corrected chi connectivity index (χ3v) is 6.04. The minimum absolute atomic E-state index is 0.300. The van der Waals surface area contributed by atoms with Gasteiger partial charge >= 0.3 is 0 Å². The Morgan fingerprint density at radius 1 is 1.03 bits per heavy atom. The molecule has 2 aromatic rings. The Balaban J connectivity index is 1.86. The van der Waals surface area contributed by atoms with Gasteiger partial charge in [-0.3, -0.25) is 4.79 Å². The predicted octanol–water partition coefficient (Wildman–Crippen LogP) is 4.94. The lowest BCUT2D eigenvalue weighted by atomic mass is 10.3. The zero-order valence-electron chi connectivity index (χ0n) is 16.9. The van der Waals surface area contributed by atoms with Gasteiger partial charge in [0.2, 0.25) is 0 Å². The first-order chi connectivity index (χ1) is 13.9. The summed E-state index contributed by atoms with van der Waals surface area (Å²) in [6.45, 7) is 5.08. The van der Waals surface area contributed by atoms with Crippen LogP contribution in [0.4, 0.5) is 8.78 Å². The largest absolute Gasteiger partial charge is 0.478 e. The second-order valence-corrected chi connectivity index (χ2v) is 8.62. The van der Waals surface area contributed by atoms with Gasteiger partial charge in [0.15, 0.2) is 24.0 Å². The van der Waals surface area contributed by atoms with E-state index < -0.39 is 17.4 Å². The topological polar surface area (TPSA) is 32.8 Å². The summed E-state index contributed by atoms with van der Waals surface area (Å²) in [5, 5.41) is 0. The third kappa shape index (κ3) is 7.53. The Kier molecular flexibility index (Phi) is 9.76. The smallest absolute Gasteiger partial charge is 0.260 e. The summed E-state index contributed by atoms with van der Waals surface area (Å²) in [7, 11) is 1.98. The first-order valence-corrected chi connectivity index (χ1v) is 11.2. The third-order valence-electron chi connectivity index (χ3n) is 4.11. The van der Waals surface area contributed by atoms with Crippen LogP contribution in [-0.4, -0.2) is 54.2 Å². The van der Waals surface area contributed by atoms with E-state index in [-0.39, 0.29) is 12.5 Å². The molecule has 0 unspecified atom stereocenters. The molecule has 0 fully saturated rings. The van der Waals surface area contributed by atoms with Gasteiger partial charge in [0.1, 0.15) is 0 Å². The molecule has 8 heteroatoms. The maximum atomic E-state index is 14.3. The van der Waals surface area contributed by atoms with Crippen molar-refractivity contribution in [3.05, 3.63) is 54.1 Å². The Bertz CT molecular complexity index is 767. The maximum Gasteiger partial charge on any atom is 0.260 e. The van der Waals surface area contributed by atoms with Crippen LogP contribution >= 0.6 is 23.7 Å². The van der Waals surface area contributed by atoms with Gasteiger partial charge in [-0.15, -0.1) is 11.8 Å². The van der Waals surface area contributed by atoms with E-state index in [0.717, 1.165) is 11.4 Å². The number of carbonyl (C=O) groups excluding carboxylic acids is 1. The normalized spacial score (nSPS) is 11.0. The zero-order valence-corrected chi connectivity index (χ0v) is 18.5. The fourth-order valence-electron chi connectivity index (χ4n) is 2.56. The van der Waals surface area contributed by atoms with Gasteiger partial charge in [-0.1, -0.05) is 18.2 Å². The summed E-state index contributed by atoms with van der Waals surface area (Å²) in [5.74, 6) is -1.73. The van der Waals surface area contributed by atoms with Crippen LogP contribution in [0.3, 0.4) is 0 Å². The van der Waals surface area contributed by atoms with E-state index in [1.165, 1.54) is 23.9 Å². The number of amides is 1. The van der Waals surface area contributed by atoms with Crippen molar-refractivity contribution in [1.82, 2.24) is 9.21 Å². The van der Waals surface area contributed by atoms with E-state index >= 15 is 0 Å². The van der Waals surface area contributed by atoms with Crippen LogP contribution in [-0.2, 0) is 4.79 Å². The molecule has 0 N–H and O–H groups in total. The molecule has 158 valence electrons. The van der Waals surface area contributed by atoms with Crippen LogP contribution in [0.25, 0.3) is 0 Å². The van der Waals surface area contributed by atoms with Crippen molar-refractivity contribution in [2.45, 2.75) is 23.6 Å². The predicted molar refractivity (Wildman–Crippen MR) is 115 cm³/mol. The number of rotatable bonds is 11. The van der Waals surface area contributed by atoms with E-state index in [9.17, 15) is 13.6 Å². The van der Waals surface area contributed by atoms with Crippen molar-refractivity contribution < 1.29 is 18.3 Å². The molecule has 0 heterocycles. The zero-order chi connectivity index (χ0) is 21.2. The van der Waals surface area contributed by atoms with E-state index in [4.69, 9.17) is 4.74 Å². The minimum Gasteiger partial charge on any atom is -0.478 e. The van der Waals surface area contributed by atoms with Gasteiger partial charge in [0.05, 0.1) is 0 Å². The highest BCUT2D eigenvalue weighted by Gasteiger charge is 2.17. The molecule has 0 aliphatic heterocycles. The number of thioether (sulfide) groups is 1. The second-order valence-electron chi connectivity index (χ2n) is 6.18. The summed E-state index contributed by atoms with van der Waals surface area (Å²) in [4.78, 5) is 15.1. The van der Waals surface area contributed by atoms with E-state index in [1.807, 2.05) is 51.2 Å². The van der Waals surface area contributed by atoms with Crippen LogP contribution in [0.5, 0.6) is 5.75 Å². The van der Waals surface area contributed by atoms with Crippen molar-refractivity contribution in [1.29, 1.82) is 0 Å². The number of benzene rings is 2. The van der Waals surface area contributed by atoms with Crippen molar-refractivity contribution in [3.8, 4) is 5.75 Å². The fourth-order valence-corrected chi connectivity index (χ4v) is 4.47. The summed E-state index contributed by atoms with van der Waals surface area (Å²) in [6, 6.07) is 12.5. The number of likely N-dealkylation sites (N-methyl/N-ethyl adjacent to an activating group) is 1. The van der Waals surface area contributed by atoms with Gasteiger partial charge in [0.25, 0.3) is 5.91 Å². The molecular weight excluding hydrogens is 414 g/mol. The lowest BCUT2D eigenvalue weighted by molar-refractivity contribution is -0.133. The quantitative estimate of drug-likeness (QED) is 0.365. The molecule has 0 aliphatic rings.